The van der Waals surface area contributed by atoms with E-state index < -0.39 is 11.4 Å². The Kier molecular flexibility index (Phi) is 5.08. The third kappa shape index (κ3) is 3.62. The Bertz CT molecular complexity index is 991. The molecule has 2 aliphatic rings. The lowest BCUT2D eigenvalue weighted by atomic mass is 9.87. The number of carbonyl (C=O) groups is 1. The Morgan fingerprint density at radius 2 is 2.07 bits per heavy atom. The molecule has 1 atom stereocenters. The van der Waals surface area contributed by atoms with Crippen LogP contribution in [0.4, 0.5) is 0 Å². The second-order valence-electron chi connectivity index (χ2n) is 8.18. The van der Waals surface area contributed by atoms with Crippen LogP contribution in [0, 0.1) is 11.8 Å². The number of ether oxygens (including phenoxy) is 1. The Hall–Kier alpha value is -2.08. The second-order valence-corrected chi connectivity index (χ2v) is 9.04. The molecule has 1 aromatic carbocycles. The van der Waals surface area contributed by atoms with Crippen molar-refractivity contribution in [2.24, 2.45) is 11.8 Å². The zero-order valence-corrected chi connectivity index (χ0v) is 17.7. The summed E-state index contributed by atoms with van der Waals surface area (Å²) in [7, 11) is 0. The van der Waals surface area contributed by atoms with Crippen molar-refractivity contribution in [3.05, 3.63) is 50.2 Å². The molecular formula is C22H24BrNO4. The van der Waals surface area contributed by atoms with Crippen molar-refractivity contribution < 1.29 is 14.6 Å². The van der Waals surface area contributed by atoms with Gasteiger partial charge in [0.05, 0.1) is 16.8 Å². The van der Waals surface area contributed by atoms with Crippen LogP contribution in [0.25, 0.3) is 11.3 Å². The fourth-order valence-electron chi connectivity index (χ4n) is 3.94. The summed E-state index contributed by atoms with van der Waals surface area (Å²) in [5.74, 6) is 0.761. The standard InChI is InChI=1S/C22H24BrNO4/c1-12(2)18-7-14-8-21(28-6-5-13-3-4-13)17(23)9-15(14)19-10-20(25)16(22(26)27)11-24(18)19/h8-13,18H,3-7H2,1-2H3,(H,26,27). The van der Waals surface area contributed by atoms with Gasteiger partial charge in [0, 0.05) is 23.9 Å². The summed E-state index contributed by atoms with van der Waals surface area (Å²) < 4.78 is 8.83. The van der Waals surface area contributed by atoms with Gasteiger partial charge in [-0.25, -0.2) is 4.79 Å². The molecule has 1 aliphatic heterocycles. The first-order valence-corrected chi connectivity index (χ1v) is 10.6. The number of nitrogens with zero attached hydrogens (tertiary/aromatic N) is 1. The third-order valence-corrected chi connectivity index (χ3v) is 6.40. The molecule has 6 heteroatoms. The summed E-state index contributed by atoms with van der Waals surface area (Å²) in [6.07, 6.45) is 5.99. The predicted molar refractivity (Wildman–Crippen MR) is 111 cm³/mol. The van der Waals surface area contributed by atoms with Gasteiger partial charge in [-0.3, -0.25) is 4.79 Å². The summed E-state index contributed by atoms with van der Waals surface area (Å²) in [5, 5.41) is 9.36. The van der Waals surface area contributed by atoms with Gasteiger partial charge in [-0.05, 0) is 58.3 Å². The van der Waals surface area contributed by atoms with Gasteiger partial charge < -0.3 is 14.4 Å². The number of carboxylic acid groups (broad SMARTS) is 1. The molecule has 5 nitrogen and oxygen atoms in total. The van der Waals surface area contributed by atoms with Gasteiger partial charge in [0.2, 0.25) is 0 Å². The second kappa shape index (κ2) is 7.39. The number of fused-ring (bicyclic) bond motifs is 3. The van der Waals surface area contributed by atoms with E-state index in [1.807, 2.05) is 10.6 Å². The van der Waals surface area contributed by atoms with Crippen molar-refractivity contribution in [1.29, 1.82) is 0 Å². The fourth-order valence-corrected chi connectivity index (χ4v) is 4.39. The molecule has 0 bridgehead atoms. The smallest absolute Gasteiger partial charge is 0.341 e. The maximum Gasteiger partial charge on any atom is 0.341 e. The van der Waals surface area contributed by atoms with E-state index in [-0.39, 0.29) is 11.6 Å². The Morgan fingerprint density at radius 1 is 1.32 bits per heavy atom. The highest BCUT2D eigenvalue weighted by atomic mass is 79.9. The number of hydrogen-bond acceptors (Lipinski definition) is 3. The number of pyridine rings is 1. The van der Waals surface area contributed by atoms with Gasteiger partial charge >= 0.3 is 5.97 Å². The van der Waals surface area contributed by atoms with Gasteiger partial charge in [-0.1, -0.05) is 26.7 Å². The average Bonchev–Trinajstić information content (AvgIpc) is 3.45. The highest BCUT2D eigenvalue weighted by Gasteiger charge is 2.29. The van der Waals surface area contributed by atoms with E-state index >= 15 is 0 Å². The number of halogens is 1. The lowest BCUT2D eigenvalue weighted by molar-refractivity contribution is 0.0694. The van der Waals surface area contributed by atoms with Crippen LogP contribution in [0.15, 0.2) is 33.7 Å². The van der Waals surface area contributed by atoms with Gasteiger partial charge in [-0.2, -0.15) is 0 Å². The minimum Gasteiger partial charge on any atom is -0.492 e. The van der Waals surface area contributed by atoms with E-state index in [9.17, 15) is 14.7 Å². The molecule has 28 heavy (non-hydrogen) atoms. The lowest BCUT2D eigenvalue weighted by Gasteiger charge is -2.33. The molecule has 1 N–H and O–H groups in total. The van der Waals surface area contributed by atoms with E-state index in [0.29, 0.717) is 12.5 Å². The Labute approximate surface area is 172 Å². The highest BCUT2D eigenvalue weighted by Crippen LogP contribution is 2.42. The van der Waals surface area contributed by atoms with E-state index in [1.54, 1.807) is 0 Å². The molecule has 1 fully saturated rings. The summed E-state index contributed by atoms with van der Waals surface area (Å²) in [4.78, 5) is 23.8. The van der Waals surface area contributed by atoms with Crippen molar-refractivity contribution in [2.45, 2.75) is 45.6 Å². The zero-order chi connectivity index (χ0) is 20.0. The normalized spacial score (nSPS) is 17.9. The lowest BCUT2D eigenvalue weighted by Crippen LogP contribution is -2.28. The summed E-state index contributed by atoms with van der Waals surface area (Å²) in [5.41, 5.74) is 2.20. The molecule has 0 amide bonds. The number of aromatic nitrogens is 1. The van der Waals surface area contributed by atoms with Crippen molar-refractivity contribution in [2.75, 3.05) is 6.61 Å². The highest BCUT2D eigenvalue weighted by molar-refractivity contribution is 9.10. The van der Waals surface area contributed by atoms with Crippen LogP contribution >= 0.6 is 15.9 Å². The zero-order valence-electron chi connectivity index (χ0n) is 16.1. The van der Waals surface area contributed by atoms with Crippen molar-refractivity contribution >= 4 is 21.9 Å². The molecule has 1 aliphatic carbocycles. The largest absolute Gasteiger partial charge is 0.492 e. The average molecular weight is 446 g/mol. The van der Waals surface area contributed by atoms with Crippen LogP contribution in [0.1, 0.15) is 55.1 Å². The molecular weight excluding hydrogens is 422 g/mol. The number of carboxylic acids is 1. The number of hydrogen-bond donors (Lipinski definition) is 1. The summed E-state index contributed by atoms with van der Waals surface area (Å²) in [6, 6.07) is 5.60. The summed E-state index contributed by atoms with van der Waals surface area (Å²) >= 11 is 3.60. The third-order valence-electron chi connectivity index (χ3n) is 5.78. The van der Waals surface area contributed by atoms with Crippen LogP contribution in [0.3, 0.4) is 0 Å². The van der Waals surface area contributed by atoms with Gasteiger partial charge in [0.15, 0.2) is 5.43 Å². The first-order valence-electron chi connectivity index (χ1n) is 9.80. The SMILES string of the molecule is CC(C)C1Cc2cc(OCCC3CC3)c(Br)cc2-c2cc(=O)c(C(=O)O)cn21. The van der Waals surface area contributed by atoms with Crippen LogP contribution in [0.2, 0.25) is 0 Å². The number of aromatic carboxylic acids is 1. The maximum atomic E-state index is 12.4. The first kappa shape index (κ1) is 19.2. The molecule has 1 aromatic heterocycles. The Morgan fingerprint density at radius 3 is 2.71 bits per heavy atom. The Balaban J connectivity index is 1.76. The fraction of sp³-hybridized carbons (Fsp3) is 0.455. The van der Waals surface area contributed by atoms with E-state index in [2.05, 4.69) is 35.8 Å². The van der Waals surface area contributed by atoms with Crippen LogP contribution in [-0.4, -0.2) is 22.2 Å². The quantitative estimate of drug-likeness (QED) is 0.685. The summed E-state index contributed by atoms with van der Waals surface area (Å²) in [6.45, 7) is 4.95. The molecule has 4 rings (SSSR count). The number of rotatable bonds is 6. The van der Waals surface area contributed by atoms with E-state index in [1.165, 1.54) is 25.1 Å². The van der Waals surface area contributed by atoms with Crippen LogP contribution < -0.4 is 10.2 Å². The topological polar surface area (TPSA) is 68.5 Å². The van der Waals surface area contributed by atoms with E-state index in [0.717, 1.165) is 45.8 Å². The molecule has 2 heterocycles. The van der Waals surface area contributed by atoms with Crippen molar-refractivity contribution in [3.63, 3.8) is 0 Å². The van der Waals surface area contributed by atoms with Crippen LogP contribution in [-0.2, 0) is 6.42 Å². The number of benzene rings is 1. The minimum absolute atomic E-state index is 0.0849. The minimum atomic E-state index is -1.19. The molecule has 148 valence electrons. The van der Waals surface area contributed by atoms with E-state index in [4.69, 9.17) is 4.74 Å². The van der Waals surface area contributed by atoms with Gasteiger partial charge in [-0.15, -0.1) is 0 Å². The van der Waals surface area contributed by atoms with Gasteiger partial charge in [0.25, 0.3) is 0 Å². The van der Waals surface area contributed by atoms with Gasteiger partial charge in [0.1, 0.15) is 11.3 Å². The molecule has 0 spiro atoms. The predicted octanol–water partition coefficient (Wildman–Crippen LogP) is 4.91. The molecule has 0 radical (unpaired) electrons. The molecule has 1 unspecified atom stereocenters. The molecule has 1 saturated carbocycles. The maximum absolute atomic E-state index is 12.4. The molecule has 0 saturated heterocycles. The molecule has 2 aromatic rings. The van der Waals surface area contributed by atoms with Crippen LogP contribution in [0.5, 0.6) is 5.75 Å². The monoisotopic (exact) mass is 445 g/mol. The van der Waals surface area contributed by atoms with Crippen molar-refractivity contribution in [3.8, 4) is 17.0 Å². The first-order chi connectivity index (χ1) is 13.3. The van der Waals surface area contributed by atoms with Crippen molar-refractivity contribution in [1.82, 2.24) is 4.57 Å².